The van der Waals surface area contributed by atoms with Crippen molar-refractivity contribution in [2.24, 2.45) is 0 Å². The van der Waals surface area contributed by atoms with Gasteiger partial charge in [0.15, 0.2) is 5.69 Å². The van der Waals surface area contributed by atoms with Crippen molar-refractivity contribution < 1.29 is 9.90 Å². The molecule has 0 saturated carbocycles. The molecule has 0 fully saturated rings. The molecule has 4 nitrogen and oxygen atoms in total. The van der Waals surface area contributed by atoms with Crippen molar-refractivity contribution in [3.8, 4) is 0 Å². The number of benzene rings is 1. The molecule has 1 rings (SSSR count). The maximum absolute atomic E-state index is 11.1. The predicted octanol–water partition coefficient (Wildman–Crippen LogP) is 4.60. The molecule has 0 aliphatic rings. The van der Waals surface area contributed by atoms with Gasteiger partial charge in [-0.2, -0.15) is 0 Å². The third-order valence-corrected chi connectivity index (χ3v) is 3.18. The zero-order valence-corrected chi connectivity index (χ0v) is 12.1. The third-order valence-electron chi connectivity index (χ3n) is 3.18. The summed E-state index contributed by atoms with van der Waals surface area (Å²) in [7, 11) is 1.52. The highest BCUT2D eigenvalue weighted by atomic mass is 16.4. The van der Waals surface area contributed by atoms with Gasteiger partial charge in [0, 0.05) is 12.7 Å². The van der Waals surface area contributed by atoms with Gasteiger partial charge in [-0.3, -0.25) is 4.90 Å². The molecule has 1 amide bonds. The lowest BCUT2D eigenvalue weighted by Crippen LogP contribution is -2.24. The van der Waals surface area contributed by atoms with Crippen LogP contribution in [0.25, 0.3) is 4.85 Å². The highest BCUT2D eigenvalue weighted by Gasteiger charge is 2.19. The van der Waals surface area contributed by atoms with E-state index in [4.69, 9.17) is 11.7 Å². The molecule has 0 saturated heterocycles. The van der Waals surface area contributed by atoms with Gasteiger partial charge in [0.05, 0.1) is 6.57 Å². The molecule has 0 aliphatic carbocycles. The molecule has 0 atom stereocenters. The summed E-state index contributed by atoms with van der Waals surface area (Å²) in [5.41, 5.74) is 3.09. The Kier molecular flexibility index (Phi) is 4.55. The minimum absolute atomic E-state index is 0.184. The number of hydrogen-bond donors (Lipinski definition) is 1. The smallest absolute Gasteiger partial charge is 0.411 e. The van der Waals surface area contributed by atoms with E-state index in [0.717, 1.165) is 11.1 Å². The molecule has 1 aromatic rings. The van der Waals surface area contributed by atoms with Crippen molar-refractivity contribution in [2.45, 2.75) is 39.5 Å². The number of carboxylic acid groups (broad SMARTS) is 1. The molecule has 1 aromatic carbocycles. The first-order valence-electron chi connectivity index (χ1n) is 6.31. The lowest BCUT2D eigenvalue weighted by molar-refractivity contribution is 0.203. The fraction of sp³-hybridized carbons (Fsp3) is 0.467. The standard InChI is InChI=1S/C15H20N2O2/c1-9(2)12-7-11(17(6)15(18)19)8-13(10(3)4)14(12)16-5/h7-10H,1-4,6H3,(H,18,19). The first kappa shape index (κ1) is 15.0. The summed E-state index contributed by atoms with van der Waals surface area (Å²) < 4.78 is 0. The van der Waals surface area contributed by atoms with Crippen LogP contribution in [0.1, 0.15) is 50.7 Å². The predicted molar refractivity (Wildman–Crippen MR) is 77.3 cm³/mol. The Bertz CT molecular complexity index is 498. The van der Waals surface area contributed by atoms with Crippen LogP contribution in [0.2, 0.25) is 0 Å². The molecular weight excluding hydrogens is 240 g/mol. The van der Waals surface area contributed by atoms with Crippen LogP contribution in [-0.2, 0) is 0 Å². The zero-order valence-electron chi connectivity index (χ0n) is 12.1. The number of carbonyl (C=O) groups is 1. The molecule has 0 aliphatic heterocycles. The Balaban J connectivity index is 3.55. The van der Waals surface area contributed by atoms with Gasteiger partial charge >= 0.3 is 6.09 Å². The first-order valence-corrected chi connectivity index (χ1v) is 6.31. The monoisotopic (exact) mass is 260 g/mol. The largest absolute Gasteiger partial charge is 0.465 e. The Morgan fingerprint density at radius 3 is 1.89 bits per heavy atom. The van der Waals surface area contributed by atoms with Crippen molar-refractivity contribution in [2.75, 3.05) is 11.9 Å². The topological polar surface area (TPSA) is 44.9 Å². The van der Waals surface area contributed by atoms with Gasteiger partial charge in [-0.05, 0) is 35.1 Å². The van der Waals surface area contributed by atoms with Gasteiger partial charge in [-0.25, -0.2) is 9.64 Å². The Morgan fingerprint density at radius 1 is 1.21 bits per heavy atom. The van der Waals surface area contributed by atoms with E-state index >= 15 is 0 Å². The molecule has 4 heteroatoms. The van der Waals surface area contributed by atoms with E-state index in [2.05, 4.69) is 4.85 Å². The second-order valence-corrected chi connectivity index (χ2v) is 5.24. The van der Waals surface area contributed by atoms with Crippen LogP contribution >= 0.6 is 0 Å². The zero-order chi connectivity index (χ0) is 14.7. The van der Waals surface area contributed by atoms with Gasteiger partial charge in [0.25, 0.3) is 0 Å². The summed E-state index contributed by atoms with van der Waals surface area (Å²) in [5.74, 6) is 0.368. The molecule has 0 bridgehead atoms. The average Bonchev–Trinajstić information content (AvgIpc) is 2.35. The quantitative estimate of drug-likeness (QED) is 0.807. The number of nitrogens with zero attached hydrogens (tertiary/aromatic N) is 2. The van der Waals surface area contributed by atoms with Crippen molar-refractivity contribution in [1.29, 1.82) is 0 Å². The molecule has 0 radical (unpaired) electrons. The number of anilines is 1. The van der Waals surface area contributed by atoms with Crippen LogP contribution in [0, 0.1) is 6.57 Å². The van der Waals surface area contributed by atoms with E-state index in [1.165, 1.54) is 11.9 Å². The van der Waals surface area contributed by atoms with Crippen LogP contribution in [-0.4, -0.2) is 18.2 Å². The highest BCUT2D eigenvalue weighted by molar-refractivity contribution is 5.86. The van der Waals surface area contributed by atoms with E-state index < -0.39 is 6.09 Å². The summed E-state index contributed by atoms with van der Waals surface area (Å²) in [6.07, 6.45) is -1.00. The van der Waals surface area contributed by atoms with E-state index in [1.807, 2.05) is 27.7 Å². The van der Waals surface area contributed by atoms with Crippen LogP contribution in [0.5, 0.6) is 0 Å². The summed E-state index contributed by atoms with van der Waals surface area (Å²) in [4.78, 5) is 15.9. The number of rotatable bonds is 3. The van der Waals surface area contributed by atoms with Gasteiger partial charge < -0.3 is 5.11 Å². The van der Waals surface area contributed by atoms with E-state index in [-0.39, 0.29) is 11.8 Å². The minimum Gasteiger partial charge on any atom is -0.465 e. The number of hydrogen-bond acceptors (Lipinski definition) is 1. The van der Waals surface area contributed by atoms with Crippen LogP contribution in [0.15, 0.2) is 12.1 Å². The van der Waals surface area contributed by atoms with Gasteiger partial charge in [0.1, 0.15) is 0 Å². The molecule has 0 unspecified atom stereocenters. The molecule has 0 aromatic heterocycles. The normalized spacial score (nSPS) is 10.6. The van der Waals surface area contributed by atoms with Crippen molar-refractivity contribution in [1.82, 2.24) is 0 Å². The molecule has 0 spiro atoms. The molecule has 19 heavy (non-hydrogen) atoms. The fourth-order valence-electron chi connectivity index (χ4n) is 1.98. The lowest BCUT2D eigenvalue weighted by Gasteiger charge is -2.21. The van der Waals surface area contributed by atoms with Crippen LogP contribution in [0.4, 0.5) is 16.2 Å². The summed E-state index contributed by atoms with van der Waals surface area (Å²) in [6.45, 7) is 15.4. The van der Waals surface area contributed by atoms with E-state index in [1.54, 1.807) is 12.1 Å². The molecule has 1 N–H and O–H groups in total. The maximum Gasteiger partial charge on any atom is 0.411 e. The summed E-state index contributed by atoms with van der Waals surface area (Å²) in [6, 6.07) is 3.61. The highest BCUT2D eigenvalue weighted by Crippen LogP contribution is 2.38. The third kappa shape index (κ3) is 3.05. The summed E-state index contributed by atoms with van der Waals surface area (Å²) in [5, 5.41) is 9.09. The first-order chi connectivity index (χ1) is 8.79. The van der Waals surface area contributed by atoms with Crippen molar-refractivity contribution in [3.63, 3.8) is 0 Å². The van der Waals surface area contributed by atoms with Crippen molar-refractivity contribution in [3.05, 3.63) is 34.7 Å². The molecule has 102 valence electrons. The maximum atomic E-state index is 11.1. The van der Waals surface area contributed by atoms with E-state index in [9.17, 15) is 4.79 Å². The Labute approximate surface area is 114 Å². The summed E-state index contributed by atoms with van der Waals surface area (Å²) >= 11 is 0. The van der Waals surface area contributed by atoms with Crippen LogP contribution < -0.4 is 4.90 Å². The van der Waals surface area contributed by atoms with Gasteiger partial charge in [-0.15, -0.1) is 0 Å². The Morgan fingerprint density at radius 2 is 1.63 bits per heavy atom. The van der Waals surface area contributed by atoms with Crippen molar-refractivity contribution >= 4 is 17.5 Å². The van der Waals surface area contributed by atoms with Gasteiger partial charge in [-0.1, -0.05) is 27.7 Å². The molecular formula is C15H20N2O2. The second kappa shape index (κ2) is 5.75. The Hall–Kier alpha value is -2.02. The number of amides is 1. The lowest BCUT2D eigenvalue weighted by atomic mass is 9.92. The van der Waals surface area contributed by atoms with Crippen LogP contribution in [0.3, 0.4) is 0 Å². The minimum atomic E-state index is -1.00. The van der Waals surface area contributed by atoms with E-state index in [0.29, 0.717) is 11.4 Å². The molecule has 0 heterocycles. The second-order valence-electron chi connectivity index (χ2n) is 5.24. The SMILES string of the molecule is [C-]#[N+]c1c(C(C)C)cc(N(C)C(=O)O)cc1C(C)C. The fourth-order valence-corrected chi connectivity index (χ4v) is 1.98. The average molecular weight is 260 g/mol. The van der Waals surface area contributed by atoms with Gasteiger partial charge in [0.2, 0.25) is 0 Å².